The molecule has 150 valence electrons. The normalized spacial score (nSPS) is 19.2. The molecule has 0 spiro atoms. The number of aromatic nitrogens is 5. The van der Waals surface area contributed by atoms with Crippen molar-refractivity contribution in [1.82, 2.24) is 30.5 Å². The number of amides is 1. The molecule has 0 radical (unpaired) electrons. The van der Waals surface area contributed by atoms with Gasteiger partial charge in [-0.05, 0) is 48.0 Å². The lowest BCUT2D eigenvalue weighted by Crippen LogP contribution is -2.45. The maximum absolute atomic E-state index is 12.7. The molecule has 9 heteroatoms. The lowest BCUT2D eigenvalue weighted by atomic mass is 10.1. The molecule has 9 nitrogen and oxygen atoms in total. The fourth-order valence-electron chi connectivity index (χ4n) is 3.49. The van der Waals surface area contributed by atoms with Crippen molar-refractivity contribution >= 4 is 11.7 Å². The summed E-state index contributed by atoms with van der Waals surface area (Å²) < 4.78 is 7.24. The number of ether oxygens (including phenoxy) is 1. The van der Waals surface area contributed by atoms with Gasteiger partial charge in [0.1, 0.15) is 12.1 Å². The third kappa shape index (κ3) is 4.40. The highest BCUT2D eigenvalue weighted by Gasteiger charge is 2.23. The van der Waals surface area contributed by atoms with Gasteiger partial charge in [-0.3, -0.25) is 4.79 Å². The van der Waals surface area contributed by atoms with Crippen LogP contribution < -0.4 is 10.2 Å². The second-order valence-electron chi connectivity index (χ2n) is 7.14. The van der Waals surface area contributed by atoms with Crippen LogP contribution in [0.25, 0.3) is 5.69 Å². The van der Waals surface area contributed by atoms with E-state index in [0.717, 1.165) is 24.5 Å². The molecule has 2 atom stereocenters. The Morgan fingerprint density at radius 3 is 2.66 bits per heavy atom. The molecule has 2 aromatic heterocycles. The first-order valence-corrected chi connectivity index (χ1v) is 9.56. The summed E-state index contributed by atoms with van der Waals surface area (Å²) >= 11 is 0. The van der Waals surface area contributed by atoms with Crippen LogP contribution in [-0.2, 0) is 11.3 Å². The van der Waals surface area contributed by atoms with E-state index in [4.69, 9.17) is 4.74 Å². The van der Waals surface area contributed by atoms with E-state index in [0.29, 0.717) is 17.8 Å². The van der Waals surface area contributed by atoms with E-state index in [1.54, 1.807) is 18.3 Å². The van der Waals surface area contributed by atoms with Gasteiger partial charge in [-0.2, -0.15) is 4.68 Å². The average molecular weight is 393 g/mol. The van der Waals surface area contributed by atoms with Crippen molar-refractivity contribution in [3.05, 3.63) is 60.0 Å². The first kappa shape index (κ1) is 19.0. The highest BCUT2D eigenvalue weighted by Crippen LogP contribution is 2.18. The van der Waals surface area contributed by atoms with Crippen LogP contribution in [-0.4, -0.2) is 56.4 Å². The third-order valence-electron chi connectivity index (χ3n) is 4.75. The van der Waals surface area contributed by atoms with Crippen molar-refractivity contribution in [3.8, 4) is 5.69 Å². The lowest BCUT2D eigenvalue weighted by Gasteiger charge is -2.36. The predicted octanol–water partition coefficient (Wildman–Crippen LogP) is 1.60. The molecule has 1 aliphatic heterocycles. The highest BCUT2D eigenvalue weighted by molar-refractivity contribution is 5.97. The number of carbonyl (C=O) groups excluding carboxylic acids is 1. The van der Waals surface area contributed by atoms with E-state index in [1.807, 2.05) is 24.3 Å². The molecule has 3 heterocycles. The summed E-state index contributed by atoms with van der Waals surface area (Å²) in [6.45, 7) is 6.16. The number of anilines is 1. The number of rotatable bonds is 5. The Balaban J connectivity index is 1.40. The molecule has 0 bridgehead atoms. The van der Waals surface area contributed by atoms with Crippen LogP contribution in [0.4, 0.5) is 5.82 Å². The van der Waals surface area contributed by atoms with Gasteiger partial charge in [0.25, 0.3) is 5.91 Å². The van der Waals surface area contributed by atoms with Crippen molar-refractivity contribution in [2.45, 2.75) is 32.6 Å². The molecular weight excluding hydrogens is 370 g/mol. The summed E-state index contributed by atoms with van der Waals surface area (Å²) in [5.74, 6) is 0.724. The van der Waals surface area contributed by atoms with Gasteiger partial charge in [-0.15, -0.1) is 5.10 Å². The maximum atomic E-state index is 12.7. The lowest BCUT2D eigenvalue weighted by molar-refractivity contribution is -0.00546. The summed E-state index contributed by atoms with van der Waals surface area (Å²) in [6, 6.07) is 11.2. The average Bonchev–Trinajstić information content (AvgIpc) is 3.26. The quantitative estimate of drug-likeness (QED) is 0.703. The van der Waals surface area contributed by atoms with Gasteiger partial charge in [-0.1, -0.05) is 18.2 Å². The van der Waals surface area contributed by atoms with E-state index in [-0.39, 0.29) is 18.1 Å². The Kier molecular flexibility index (Phi) is 5.48. The van der Waals surface area contributed by atoms with E-state index in [9.17, 15) is 4.79 Å². The van der Waals surface area contributed by atoms with Crippen LogP contribution in [0.3, 0.4) is 0 Å². The van der Waals surface area contributed by atoms with Crippen LogP contribution in [0, 0.1) is 0 Å². The van der Waals surface area contributed by atoms with Gasteiger partial charge >= 0.3 is 0 Å². The molecule has 0 saturated carbocycles. The number of hydrogen-bond acceptors (Lipinski definition) is 7. The second-order valence-corrected chi connectivity index (χ2v) is 7.14. The smallest absolute Gasteiger partial charge is 0.253 e. The second kappa shape index (κ2) is 8.36. The minimum absolute atomic E-state index is 0.180. The zero-order valence-corrected chi connectivity index (χ0v) is 16.4. The number of tetrazole rings is 1. The Labute approximate surface area is 168 Å². The van der Waals surface area contributed by atoms with E-state index in [2.05, 4.69) is 44.6 Å². The summed E-state index contributed by atoms with van der Waals surface area (Å²) in [5.41, 5.74) is 2.05. The maximum Gasteiger partial charge on any atom is 0.253 e. The summed E-state index contributed by atoms with van der Waals surface area (Å²) in [5, 5.41) is 14.1. The van der Waals surface area contributed by atoms with Gasteiger partial charge in [0.05, 0.1) is 23.5 Å². The zero-order valence-electron chi connectivity index (χ0n) is 16.4. The van der Waals surface area contributed by atoms with Gasteiger partial charge < -0.3 is 15.0 Å². The molecule has 4 rings (SSSR count). The molecule has 3 aromatic rings. The number of hydrogen-bond donors (Lipinski definition) is 1. The number of para-hydroxylation sites is 1. The van der Waals surface area contributed by atoms with E-state index >= 15 is 0 Å². The number of benzene rings is 1. The van der Waals surface area contributed by atoms with Crippen molar-refractivity contribution < 1.29 is 9.53 Å². The van der Waals surface area contributed by atoms with E-state index < -0.39 is 0 Å². The molecule has 29 heavy (non-hydrogen) atoms. The van der Waals surface area contributed by atoms with Crippen LogP contribution >= 0.6 is 0 Å². The topological polar surface area (TPSA) is 98.1 Å². The SMILES string of the molecule is CC1CN(c2ccc(CNC(=O)c3ccccc3-n3cnnn3)cn2)CC(C)O1. The molecule has 1 saturated heterocycles. The van der Waals surface area contributed by atoms with Crippen molar-refractivity contribution in [1.29, 1.82) is 0 Å². The highest BCUT2D eigenvalue weighted by atomic mass is 16.5. The van der Waals surface area contributed by atoms with Gasteiger partial charge in [0, 0.05) is 25.8 Å². The number of pyridine rings is 1. The zero-order chi connectivity index (χ0) is 20.2. The fourth-order valence-corrected chi connectivity index (χ4v) is 3.49. The van der Waals surface area contributed by atoms with Crippen LogP contribution in [0.2, 0.25) is 0 Å². The van der Waals surface area contributed by atoms with Crippen LogP contribution in [0.1, 0.15) is 29.8 Å². The third-order valence-corrected chi connectivity index (χ3v) is 4.75. The minimum Gasteiger partial charge on any atom is -0.372 e. The van der Waals surface area contributed by atoms with Crippen LogP contribution in [0.5, 0.6) is 0 Å². The molecule has 1 amide bonds. The van der Waals surface area contributed by atoms with Gasteiger partial charge in [-0.25, -0.2) is 4.98 Å². The summed E-state index contributed by atoms with van der Waals surface area (Å²) in [4.78, 5) is 19.5. The molecule has 0 aliphatic carbocycles. The van der Waals surface area contributed by atoms with Crippen molar-refractivity contribution in [2.75, 3.05) is 18.0 Å². The number of nitrogens with zero attached hydrogens (tertiary/aromatic N) is 6. The molecule has 1 aliphatic rings. The monoisotopic (exact) mass is 393 g/mol. The molecule has 2 unspecified atom stereocenters. The number of morpholine rings is 1. The van der Waals surface area contributed by atoms with Crippen LogP contribution in [0.15, 0.2) is 48.9 Å². The Bertz CT molecular complexity index is 949. The van der Waals surface area contributed by atoms with E-state index in [1.165, 1.54) is 11.0 Å². The Morgan fingerprint density at radius 1 is 1.17 bits per heavy atom. The first-order chi connectivity index (χ1) is 14.1. The Morgan fingerprint density at radius 2 is 1.97 bits per heavy atom. The standard InChI is InChI=1S/C20H23N7O2/c1-14-11-26(12-15(2)29-14)19-8-7-16(9-21-19)10-22-20(28)17-5-3-4-6-18(17)27-13-23-24-25-27/h3-9,13-15H,10-12H2,1-2H3,(H,22,28). The molecule has 1 fully saturated rings. The minimum atomic E-state index is -0.198. The summed E-state index contributed by atoms with van der Waals surface area (Å²) in [6.07, 6.45) is 3.62. The number of carbonyl (C=O) groups is 1. The summed E-state index contributed by atoms with van der Waals surface area (Å²) in [7, 11) is 0. The first-order valence-electron chi connectivity index (χ1n) is 9.56. The van der Waals surface area contributed by atoms with Crippen molar-refractivity contribution in [3.63, 3.8) is 0 Å². The van der Waals surface area contributed by atoms with Gasteiger partial charge in [0.2, 0.25) is 0 Å². The molecule has 1 N–H and O–H groups in total. The Hall–Kier alpha value is -3.33. The number of nitrogens with one attached hydrogen (secondary N) is 1. The molecule has 1 aromatic carbocycles. The van der Waals surface area contributed by atoms with Crippen molar-refractivity contribution in [2.24, 2.45) is 0 Å². The largest absolute Gasteiger partial charge is 0.372 e. The molecular formula is C20H23N7O2. The fraction of sp³-hybridized carbons (Fsp3) is 0.350. The van der Waals surface area contributed by atoms with Gasteiger partial charge in [0.15, 0.2) is 0 Å². The predicted molar refractivity (Wildman–Crippen MR) is 107 cm³/mol.